The van der Waals surface area contributed by atoms with E-state index in [2.05, 4.69) is 67.7 Å². The van der Waals surface area contributed by atoms with Gasteiger partial charge >= 0.3 is 5.97 Å². The Hall–Kier alpha value is -0.176. The standard InChI is InChI=1S/C18H38O4Si2/c1-16(2,3)23(8,9)20-13-18(7)14(12-15(19)21-18)22-24(10,11)17(4,5)6/h14H,12-13H2,1-11H3/t14-,18-/m1/s1. The monoisotopic (exact) mass is 374 g/mol. The highest BCUT2D eigenvalue weighted by Crippen LogP contribution is 2.42. The Morgan fingerprint density at radius 2 is 1.50 bits per heavy atom. The molecule has 0 saturated carbocycles. The van der Waals surface area contributed by atoms with Gasteiger partial charge in [-0.15, -0.1) is 0 Å². The van der Waals surface area contributed by atoms with Crippen LogP contribution in [0.1, 0.15) is 54.9 Å². The molecule has 142 valence electrons. The Kier molecular flexibility index (Phi) is 5.94. The molecule has 6 heteroatoms. The van der Waals surface area contributed by atoms with Gasteiger partial charge in [0.15, 0.2) is 22.2 Å². The lowest BCUT2D eigenvalue weighted by Gasteiger charge is -2.43. The van der Waals surface area contributed by atoms with E-state index >= 15 is 0 Å². The topological polar surface area (TPSA) is 44.8 Å². The smallest absolute Gasteiger partial charge is 0.309 e. The maximum atomic E-state index is 12.0. The molecule has 0 radical (unpaired) electrons. The van der Waals surface area contributed by atoms with Gasteiger partial charge in [-0.1, -0.05) is 41.5 Å². The Balaban J connectivity index is 2.92. The predicted molar refractivity (Wildman–Crippen MR) is 104 cm³/mol. The number of hydrogen-bond acceptors (Lipinski definition) is 4. The van der Waals surface area contributed by atoms with Gasteiger partial charge in [0.05, 0.1) is 19.1 Å². The summed E-state index contributed by atoms with van der Waals surface area (Å²) in [5, 5.41) is 0.224. The van der Waals surface area contributed by atoms with Crippen LogP contribution in [0.15, 0.2) is 0 Å². The fraction of sp³-hybridized carbons (Fsp3) is 0.944. The number of ether oxygens (including phenoxy) is 1. The van der Waals surface area contributed by atoms with Crippen LogP contribution in [0.25, 0.3) is 0 Å². The van der Waals surface area contributed by atoms with Crippen LogP contribution < -0.4 is 0 Å². The van der Waals surface area contributed by atoms with Crippen molar-refractivity contribution in [1.82, 2.24) is 0 Å². The first-order chi connectivity index (χ1) is 10.4. The Morgan fingerprint density at radius 3 is 1.92 bits per heavy atom. The lowest BCUT2D eigenvalue weighted by molar-refractivity contribution is -0.152. The first-order valence-corrected chi connectivity index (χ1v) is 14.8. The Morgan fingerprint density at radius 1 is 1.04 bits per heavy atom. The molecule has 0 bridgehead atoms. The van der Waals surface area contributed by atoms with Crippen molar-refractivity contribution < 1.29 is 18.4 Å². The van der Waals surface area contributed by atoms with Crippen molar-refractivity contribution in [1.29, 1.82) is 0 Å². The lowest BCUT2D eigenvalue weighted by atomic mass is 10.0. The van der Waals surface area contributed by atoms with Crippen molar-refractivity contribution >= 4 is 22.6 Å². The molecule has 1 fully saturated rings. The van der Waals surface area contributed by atoms with Crippen molar-refractivity contribution in [2.75, 3.05) is 6.61 Å². The molecule has 1 rings (SSSR count). The number of carbonyl (C=O) groups is 1. The van der Waals surface area contributed by atoms with Gasteiger partial charge in [-0.2, -0.15) is 0 Å². The molecule has 0 unspecified atom stereocenters. The van der Waals surface area contributed by atoms with Gasteiger partial charge in [-0.05, 0) is 43.2 Å². The SMILES string of the molecule is CC(C)(C)[Si](C)(C)OC[C@@]1(C)OC(=O)C[C@H]1O[Si](C)(C)C(C)(C)C. The molecule has 1 aliphatic heterocycles. The average molecular weight is 375 g/mol. The highest BCUT2D eigenvalue weighted by Gasteiger charge is 2.52. The second kappa shape index (κ2) is 6.52. The maximum absolute atomic E-state index is 12.0. The fourth-order valence-electron chi connectivity index (χ4n) is 2.10. The van der Waals surface area contributed by atoms with E-state index < -0.39 is 22.2 Å². The Bertz CT molecular complexity index is 474. The number of esters is 1. The summed E-state index contributed by atoms with van der Waals surface area (Å²) in [7, 11) is -3.88. The van der Waals surface area contributed by atoms with Crippen molar-refractivity contribution in [2.45, 2.75) is 103 Å². The molecule has 2 atom stereocenters. The molecule has 0 amide bonds. The van der Waals surface area contributed by atoms with Gasteiger partial charge < -0.3 is 13.6 Å². The van der Waals surface area contributed by atoms with Gasteiger partial charge in [-0.3, -0.25) is 4.79 Å². The van der Waals surface area contributed by atoms with E-state index in [9.17, 15) is 4.79 Å². The molecule has 24 heavy (non-hydrogen) atoms. The van der Waals surface area contributed by atoms with Crippen molar-refractivity contribution in [3.05, 3.63) is 0 Å². The van der Waals surface area contributed by atoms with E-state index in [4.69, 9.17) is 13.6 Å². The number of carbonyl (C=O) groups excluding carboxylic acids is 1. The van der Waals surface area contributed by atoms with Crippen LogP contribution in [0.3, 0.4) is 0 Å². The van der Waals surface area contributed by atoms with Gasteiger partial charge in [0.1, 0.15) is 0 Å². The van der Waals surface area contributed by atoms with E-state index in [0.29, 0.717) is 13.0 Å². The molecule has 4 nitrogen and oxygen atoms in total. The van der Waals surface area contributed by atoms with Crippen molar-refractivity contribution in [3.8, 4) is 0 Å². The van der Waals surface area contributed by atoms with Crippen LogP contribution in [0.5, 0.6) is 0 Å². The zero-order valence-electron chi connectivity index (χ0n) is 17.6. The number of rotatable bonds is 5. The summed E-state index contributed by atoms with van der Waals surface area (Å²) in [5.41, 5.74) is -0.692. The van der Waals surface area contributed by atoms with Crippen LogP contribution in [0, 0.1) is 0 Å². The summed E-state index contributed by atoms with van der Waals surface area (Å²) in [5.74, 6) is -0.181. The van der Waals surface area contributed by atoms with Gasteiger partial charge in [0, 0.05) is 0 Å². The molecular weight excluding hydrogens is 336 g/mol. The highest BCUT2D eigenvalue weighted by molar-refractivity contribution is 6.74. The number of hydrogen-bond donors (Lipinski definition) is 0. The summed E-state index contributed by atoms with van der Waals surface area (Å²) >= 11 is 0. The van der Waals surface area contributed by atoms with Crippen LogP contribution in [0.4, 0.5) is 0 Å². The largest absolute Gasteiger partial charge is 0.454 e. The number of cyclic esters (lactones) is 1. The molecule has 1 aliphatic rings. The van der Waals surface area contributed by atoms with E-state index in [1.54, 1.807) is 0 Å². The quantitative estimate of drug-likeness (QED) is 0.496. The second-order valence-corrected chi connectivity index (χ2v) is 20.0. The van der Waals surface area contributed by atoms with Gasteiger partial charge in [0.25, 0.3) is 0 Å². The summed E-state index contributed by atoms with van der Waals surface area (Å²) < 4.78 is 18.6. The Labute approximate surface area is 150 Å². The van der Waals surface area contributed by atoms with Crippen LogP contribution in [0.2, 0.25) is 36.3 Å². The molecule has 0 aromatic rings. The zero-order chi connectivity index (χ0) is 19.2. The molecule has 1 heterocycles. The van der Waals surface area contributed by atoms with Crippen LogP contribution in [-0.2, 0) is 18.4 Å². The van der Waals surface area contributed by atoms with Gasteiger partial charge in [-0.25, -0.2) is 0 Å². The minimum Gasteiger partial charge on any atom is -0.454 e. The predicted octanol–water partition coefficient (Wildman–Crippen LogP) is 5.10. The third-order valence-electron chi connectivity index (χ3n) is 6.15. The van der Waals surface area contributed by atoms with Crippen molar-refractivity contribution in [3.63, 3.8) is 0 Å². The second-order valence-electron chi connectivity index (χ2n) is 10.4. The third kappa shape index (κ3) is 4.71. The average Bonchev–Trinajstić information content (AvgIpc) is 2.59. The maximum Gasteiger partial charge on any atom is 0.309 e. The van der Waals surface area contributed by atoms with E-state index in [0.717, 1.165) is 0 Å². The summed E-state index contributed by atoms with van der Waals surface area (Å²) in [4.78, 5) is 12.0. The minimum atomic E-state index is -1.98. The molecule has 0 N–H and O–H groups in total. The lowest BCUT2D eigenvalue weighted by Crippen LogP contribution is -2.53. The van der Waals surface area contributed by atoms with Crippen LogP contribution >= 0.6 is 0 Å². The molecule has 0 aliphatic carbocycles. The van der Waals surface area contributed by atoms with Gasteiger partial charge in [0.2, 0.25) is 0 Å². The molecule has 0 aromatic carbocycles. The van der Waals surface area contributed by atoms with Crippen LogP contribution in [-0.4, -0.2) is 40.9 Å². The summed E-state index contributed by atoms with van der Waals surface area (Å²) in [6, 6.07) is 0. The van der Waals surface area contributed by atoms with E-state index in [1.165, 1.54) is 0 Å². The molecular formula is C18H38O4Si2. The fourth-order valence-corrected chi connectivity index (χ4v) is 4.57. The normalized spacial score (nSPS) is 26.6. The summed E-state index contributed by atoms with van der Waals surface area (Å²) in [6.45, 7) is 24.5. The zero-order valence-corrected chi connectivity index (χ0v) is 19.6. The minimum absolute atomic E-state index is 0.0971. The van der Waals surface area contributed by atoms with E-state index in [-0.39, 0.29) is 22.1 Å². The first kappa shape index (κ1) is 21.9. The molecule has 1 saturated heterocycles. The molecule has 0 aromatic heterocycles. The molecule has 0 spiro atoms. The van der Waals surface area contributed by atoms with E-state index in [1.807, 2.05) is 6.92 Å². The van der Waals surface area contributed by atoms with Crippen molar-refractivity contribution in [2.24, 2.45) is 0 Å². The first-order valence-electron chi connectivity index (χ1n) is 8.95. The third-order valence-corrected chi connectivity index (χ3v) is 15.1. The summed E-state index contributed by atoms with van der Waals surface area (Å²) in [6.07, 6.45) is 0.0970. The highest BCUT2D eigenvalue weighted by atomic mass is 28.4.